The van der Waals surface area contributed by atoms with Crippen molar-refractivity contribution in [3.8, 4) is 11.5 Å². The molecule has 0 spiro atoms. The number of carbonyl (C=O) groups excluding carboxylic acids is 1. The average molecular weight is 803 g/mol. The molecule has 0 unspecified atom stereocenters. The van der Waals surface area contributed by atoms with Crippen molar-refractivity contribution in [3.05, 3.63) is 129 Å². The van der Waals surface area contributed by atoms with E-state index >= 15 is 0 Å². The summed E-state index contributed by atoms with van der Waals surface area (Å²) in [7, 11) is 0. The van der Waals surface area contributed by atoms with Gasteiger partial charge in [0, 0.05) is 14.8 Å². The van der Waals surface area contributed by atoms with Crippen molar-refractivity contribution in [2.24, 2.45) is 4.99 Å². The third kappa shape index (κ3) is 6.40. The van der Waals surface area contributed by atoms with Gasteiger partial charge in [-0.25, -0.2) is 4.99 Å². The van der Waals surface area contributed by atoms with E-state index < -0.39 is 6.04 Å². The molecule has 4 aromatic rings. The Labute approximate surface area is 274 Å². The molecule has 2 heterocycles. The maximum absolute atomic E-state index is 14.1. The first-order chi connectivity index (χ1) is 20.3. The van der Waals surface area contributed by atoms with E-state index in [1.165, 1.54) is 11.3 Å². The number of ether oxygens (including phenoxy) is 2. The molecule has 0 aliphatic carbocycles. The van der Waals surface area contributed by atoms with Gasteiger partial charge in [0.1, 0.15) is 18.1 Å². The lowest BCUT2D eigenvalue weighted by Gasteiger charge is -2.25. The van der Waals surface area contributed by atoms with Crippen LogP contribution in [0.5, 0.6) is 11.5 Å². The number of carbonyl (C=O) groups is 1. The quantitative estimate of drug-likeness (QED) is 0.165. The summed E-state index contributed by atoms with van der Waals surface area (Å²) in [4.78, 5) is 33.2. The number of amides is 1. The molecule has 0 fully saturated rings. The highest BCUT2D eigenvalue weighted by Gasteiger charge is 2.32. The summed E-state index contributed by atoms with van der Waals surface area (Å²) in [6.45, 7) is 8.36. The summed E-state index contributed by atoms with van der Waals surface area (Å²) in [5.74, 6) is 1.08. The molecule has 1 amide bonds. The van der Waals surface area contributed by atoms with Gasteiger partial charge in [-0.15, -0.1) is 0 Å². The summed E-state index contributed by atoms with van der Waals surface area (Å²) in [6.07, 6.45) is 3.53. The number of anilines is 1. The van der Waals surface area contributed by atoms with E-state index in [1.807, 2.05) is 86.7 Å². The monoisotopic (exact) mass is 803 g/mol. The number of aromatic nitrogens is 1. The van der Waals surface area contributed by atoms with Crippen molar-refractivity contribution >= 4 is 74.2 Å². The average Bonchev–Trinajstić information content (AvgIpc) is 3.27. The van der Waals surface area contributed by atoms with Gasteiger partial charge < -0.3 is 14.8 Å². The number of thiazole rings is 1. The minimum Gasteiger partial charge on any atom is -0.494 e. The third-order valence-electron chi connectivity index (χ3n) is 6.47. The van der Waals surface area contributed by atoms with E-state index in [1.54, 1.807) is 10.6 Å². The molecule has 0 saturated heterocycles. The van der Waals surface area contributed by atoms with Crippen molar-refractivity contribution < 1.29 is 14.3 Å². The molecule has 7 nitrogen and oxygen atoms in total. The van der Waals surface area contributed by atoms with Gasteiger partial charge in [-0.3, -0.25) is 14.2 Å². The van der Waals surface area contributed by atoms with Gasteiger partial charge in [-0.2, -0.15) is 0 Å². The number of allylic oxidation sites excluding steroid dienone is 1. The first-order valence-corrected chi connectivity index (χ1v) is 16.1. The Bertz CT molecular complexity index is 1860. The van der Waals surface area contributed by atoms with Crippen LogP contribution in [0.3, 0.4) is 0 Å². The Hall–Kier alpha value is -3.23. The zero-order valence-electron chi connectivity index (χ0n) is 22.9. The van der Waals surface area contributed by atoms with Crippen LogP contribution in [0.1, 0.15) is 31.0 Å². The van der Waals surface area contributed by atoms with E-state index in [0.717, 1.165) is 18.3 Å². The molecule has 1 atom stereocenters. The van der Waals surface area contributed by atoms with Gasteiger partial charge in [0.15, 0.2) is 4.80 Å². The maximum atomic E-state index is 14.1. The SMILES string of the molecule is C=CCOc1c(I)cc(I)cc1/C=c1\sc2n(c1=O)[C@@H](c1ccc(OCC)cc1)C(C(=O)Nc1ccccc1)=C(C)N=2. The number of fused-ring (bicyclic) bond motifs is 1. The molecule has 5 rings (SSSR count). The second kappa shape index (κ2) is 13.4. The molecule has 3 aromatic carbocycles. The lowest BCUT2D eigenvalue weighted by Crippen LogP contribution is -2.40. The molecule has 10 heteroatoms. The summed E-state index contributed by atoms with van der Waals surface area (Å²) in [6, 6.07) is 20.1. The first kappa shape index (κ1) is 30.2. The second-order valence-corrected chi connectivity index (χ2v) is 12.7. The van der Waals surface area contributed by atoms with Crippen LogP contribution in [0.2, 0.25) is 0 Å². The molecular formula is C32H27I2N3O4S. The van der Waals surface area contributed by atoms with Crippen LogP contribution >= 0.6 is 56.5 Å². The highest BCUT2D eigenvalue weighted by molar-refractivity contribution is 14.1. The number of hydrogen-bond acceptors (Lipinski definition) is 6. The van der Waals surface area contributed by atoms with E-state index in [2.05, 4.69) is 57.1 Å². The number of rotatable bonds is 9. The van der Waals surface area contributed by atoms with Gasteiger partial charge in [-0.1, -0.05) is 54.3 Å². The van der Waals surface area contributed by atoms with Crippen LogP contribution in [0, 0.1) is 7.14 Å². The molecule has 214 valence electrons. The normalized spacial score (nSPS) is 14.7. The van der Waals surface area contributed by atoms with Crippen LogP contribution in [0.15, 0.2) is 100 Å². The molecule has 42 heavy (non-hydrogen) atoms. The number of nitrogens with zero attached hydrogens (tertiary/aromatic N) is 2. The van der Waals surface area contributed by atoms with Crippen molar-refractivity contribution in [1.29, 1.82) is 0 Å². The topological polar surface area (TPSA) is 81.9 Å². The van der Waals surface area contributed by atoms with Crippen LogP contribution in [-0.4, -0.2) is 23.7 Å². The highest BCUT2D eigenvalue weighted by atomic mass is 127. The van der Waals surface area contributed by atoms with Gasteiger partial charge in [0.05, 0.1) is 32.0 Å². The van der Waals surface area contributed by atoms with E-state index in [0.29, 0.717) is 51.0 Å². The highest BCUT2D eigenvalue weighted by Crippen LogP contribution is 2.32. The Kier molecular flexibility index (Phi) is 9.63. The number of benzene rings is 3. The molecule has 0 saturated carbocycles. The van der Waals surface area contributed by atoms with Crippen LogP contribution < -0.4 is 29.7 Å². The Morgan fingerprint density at radius 1 is 1.12 bits per heavy atom. The Morgan fingerprint density at radius 3 is 2.55 bits per heavy atom. The third-order valence-corrected chi connectivity index (χ3v) is 8.88. The molecule has 1 aromatic heterocycles. The predicted octanol–water partition coefficient (Wildman–Crippen LogP) is 6.05. The fourth-order valence-corrected chi connectivity index (χ4v) is 7.77. The summed E-state index contributed by atoms with van der Waals surface area (Å²) in [5.41, 5.74) is 2.94. The number of halogens is 2. The zero-order chi connectivity index (χ0) is 29.8. The minimum absolute atomic E-state index is 0.237. The first-order valence-electron chi connectivity index (χ1n) is 13.1. The summed E-state index contributed by atoms with van der Waals surface area (Å²) >= 11 is 5.78. The lowest BCUT2D eigenvalue weighted by atomic mass is 9.95. The maximum Gasteiger partial charge on any atom is 0.271 e. The second-order valence-electron chi connectivity index (χ2n) is 9.31. The minimum atomic E-state index is -0.685. The van der Waals surface area contributed by atoms with Crippen LogP contribution in [0.25, 0.3) is 6.08 Å². The zero-order valence-corrected chi connectivity index (χ0v) is 28.0. The number of nitrogens with one attached hydrogen (secondary N) is 1. The van der Waals surface area contributed by atoms with E-state index in [-0.39, 0.29) is 11.5 Å². The fraction of sp³-hybridized carbons (Fsp3) is 0.156. The molecule has 1 aliphatic rings. The standard InChI is InChI=1S/C32H27I2N3O4S/c1-4-15-41-29-21(16-22(33)18-25(29)34)17-26-31(39)37-28(20-11-13-24(14-12-20)40-5-2)27(19(3)35-32(37)42-26)30(38)36-23-9-7-6-8-10-23/h4,6-14,16-18,28H,1,5,15H2,2-3H3,(H,36,38)/b26-17-/t28-/m0/s1. The molecule has 0 bridgehead atoms. The van der Waals surface area contributed by atoms with E-state index in [9.17, 15) is 9.59 Å². The fourth-order valence-electron chi connectivity index (χ4n) is 4.68. The molecule has 1 N–H and O–H groups in total. The Balaban J connectivity index is 1.68. The smallest absolute Gasteiger partial charge is 0.271 e. The van der Waals surface area contributed by atoms with Crippen molar-refractivity contribution in [1.82, 2.24) is 4.57 Å². The lowest BCUT2D eigenvalue weighted by molar-refractivity contribution is -0.113. The van der Waals surface area contributed by atoms with E-state index in [4.69, 9.17) is 14.5 Å². The van der Waals surface area contributed by atoms with Crippen LogP contribution in [0.4, 0.5) is 5.69 Å². The predicted molar refractivity (Wildman–Crippen MR) is 184 cm³/mol. The Morgan fingerprint density at radius 2 is 1.86 bits per heavy atom. The van der Waals surface area contributed by atoms with Gasteiger partial charge in [-0.05, 0) is 107 Å². The van der Waals surface area contributed by atoms with Gasteiger partial charge in [0.25, 0.3) is 11.5 Å². The van der Waals surface area contributed by atoms with Crippen molar-refractivity contribution in [2.45, 2.75) is 19.9 Å². The number of para-hydroxylation sites is 1. The van der Waals surface area contributed by atoms with Gasteiger partial charge in [0.2, 0.25) is 0 Å². The molecular weight excluding hydrogens is 776 g/mol. The summed E-state index contributed by atoms with van der Waals surface area (Å²) in [5, 5.41) is 2.98. The molecule has 0 radical (unpaired) electrons. The number of hydrogen-bond donors (Lipinski definition) is 1. The molecule has 1 aliphatic heterocycles. The van der Waals surface area contributed by atoms with Crippen LogP contribution in [-0.2, 0) is 4.79 Å². The largest absolute Gasteiger partial charge is 0.494 e. The van der Waals surface area contributed by atoms with Gasteiger partial charge >= 0.3 is 0 Å². The van der Waals surface area contributed by atoms with Crippen molar-refractivity contribution in [2.75, 3.05) is 18.5 Å². The van der Waals surface area contributed by atoms with Crippen molar-refractivity contribution in [3.63, 3.8) is 0 Å². The summed E-state index contributed by atoms with van der Waals surface area (Å²) < 4.78 is 15.7.